The third-order valence-corrected chi connectivity index (χ3v) is 3.20. The van der Waals surface area contributed by atoms with Crippen molar-refractivity contribution in [2.24, 2.45) is 11.1 Å². The number of terminal acetylenes is 1. The molecule has 0 saturated heterocycles. The van der Waals surface area contributed by atoms with Crippen LogP contribution in [0.5, 0.6) is 0 Å². The van der Waals surface area contributed by atoms with Crippen molar-refractivity contribution in [1.29, 1.82) is 0 Å². The fourth-order valence-electron chi connectivity index (χ4n) is 1.90. The van der Waals surface area contributed by atoms with Crippen LogP contribution in [-0.4, -0.2) is 18.0 Å². The van der Waals surface area contributed by atoms with Gasteiger partial charge in [-0.25, -0.2) is 0 Å². The van der Waals surface area contributed by atoms with Gasteiger partial charge in [-0.1, -0.05) is 12.3 Å². The highest BCUT2D eigenvalue weighted by Gasteiger charge is 2.38. The standard InChI is InChI=1S/C12H20N2O/c1-4-11(2,3)14-10(15)8-12(9-13)6-5-7-12/h1H,5-9,13H2,2-3H3,(H,14,15). The highest BCUT2D eigenvalue weighted by atomic mass is 16.1. The molecular weight excluding hydrogens is 188 g/mol. The van der Waals surface area contributed by atoms with Crippen LogP contribution in [0.25, 0.3) is 0 Å². The molecule has 0 aromatic carbocycles. The second-order valence-electron chi connectivity index (χ2n) is 5.05. The van der Waals surface area contributed by atoms with Gasteiger partial charge in [0.05, 0.1) is 5.54 Å². The smallest absolute Gasteiger partial charge is 0.221 e. The zero-order valence-electron chi connectivity index (χ0n) is 9.60. The Hall–Kier alpha value is -1.01. The summed E-state index contributed by atoms with van der Waals surface area (Å²) in [6.07, 6.45) is 9.13. The van der Waals surface area contributed by atoms with Gasteiger partial charge in [-0.05, 0) is 38.6 Å². The lowest BCUT2D eigenvalue weighted by atomic mass is 9.66. The number of hydrogen-bond acceptors (Lipinski definition) is 2. The lowest BCUT2D eigenvalue weighted by Gasteiger charge is -2.40. The summed E-state index contributed by atoms with van der Waals surface area (Å²) in [5.74, 6) is 2.57. The Morgan fingerprint density at radius 2 is 2.20 bits per heavy atom. The van der Waals surface area contributed by atoms with E-state index in [1.54, 1.807) is 0 Å². The lowest BCUT2D eigenvalue weighted by Crippen LogP contribution is -2.47. The third kappa shape index (κ3) is 2.97. The average molecular weight is 208 g/mol. The highest BCUT2D eigenvalue weighted by Crippen LogP contribution is 2.42. The monoisotopic (exact) mass is 208 g/mol. The minimum atomic E-state index is -0.559. The van der Waals surface area contributed by atoms with Crippen LogP contribution in [-0.2, 0) is 4.79 Å². The van der Waals surface area contributed by atoms with Crippen molar-refractivity contribution in [2.75, 3.05) is 6.54 Å². The van der Waals surface area contributed by atoms with E-state index in [-0.39, 0.29) is 11.3 Å². The van der Waals surface area contributed by atoms with E-state index in [2.05, 4.69) is 11.2 Å². The number of amides is 1. The van der Waals surface area contributed by atoms with E-state index in [9.17, 15) is 4.79 Å². The molecule has 0 bridgehead atoms. The summed E-state index contributed by atoms with van der Waals surface area (Å²) >= 11 is 0. The summed E-state index contributed by atoms with van der Waals surface area (Å²) in [6, 6.07) is 0. The average Bonchev–Trinajstić information content (AvgIpc) is 2.11. The molecule has 0 radical (unpaired) electrons. The normalized spacial score (nSPS) is 18.8. The van der Waals surface area contributed by atoms with E-state index in [1.807, 2.05) is 13.8 Å². The third-order valence-electron chi connectivity index (χ3n) is 3.20. The van der Waals surface area contributed by atoms with Gasteiger partial charge < -0.3 is 11.1 Å². The van der Waals surface area contributed by atoms with E-state index in [1.165, 1.54) is 6.42 Å². The van der Waals surface area contributed by atoms with Crippen molar-refractivity contribution in [3.8, 4) is 12.3 Å². The van der Waals surface area contributed by atoms with Gasteiger partial charge in [0.25, 0.3) is 0 Å². The summed E-state index contributed by atoms with van der Waals surface area (Å²) in [4.78, 5) is 11.7. The van der Waals surface area contributed by atoms with Crippen LogP contribution >= 0.6 is 0 Å². The van der Waals surface area contributed by atoms with Gasteiger partial charge in [0.1, 0.15) is 0 Å². The molecular formula is C12H20N2O. The van der Waals surface area contributed by atoms with Crippen molar-refractivity contribution in [2.45, 2.75) is 45.1 Å². The molecule has 1 saturated carbocycles. The first-order valence-corrected chi connectivity index (χ1v) is 5.42. The lowest BCUT2D eigenvalue weighted by molar-refractivity contribution is -0.125. The van der Waals surface area contributed by atoms with Crippen LogP contribution < -0.4 is 11.1 Å². The van der Waals surface area contributed by atoms with Crippen molar-refractivity contribution in [1.82, 2.24) is 5.32 Å². The molecule has 15 heavy (non-hydrogen) atoms. The maximum atomic E-state index is 11.7. The first-order valence-electron chi connectivity index (χ1n) is 5.42. The summed E-state index contributed by atoms with van der Waals surface area (Å²) in [6.45, 7) is 4.23. The summed E-state index contributed by atoms with van der Waals surface area (Å²) < 4.78 is 0. The van der Waals surface area contributed by atoms with Gasteiger partial charge in [-0.15, -0.1) is 6.42 Å². The summed E-state index contributed by atoms with van der Waals surface area (Å²) in [5, 5.41) is 2.83. The first kappa shape index (κ1) is 12.1. The summed E-state index contributed by atoms with van der Waals surface area (Å²) in [7, 11) is 0. The predicted molar refractivity (Wildman–Crippen MR) is 61.0 cm³/mol. The van der Waals surface area contributed by atoms with Gasteiger partial charge in [0, 0.05) is 6.42 Å². The van der Waals surface area contributed by atoms with Crippen molar-refractivity contribution in [3.05, 3.63) is 0 Å². The van der Waals surface area contributed by atoms with Crippen LogP contribution in [0.3, 0.4) is 0 Å². The molecule has 0 aromatic heterocycles. The van der Waals surface area contributed by atoms with E-state index >= 15 is 0 Å². The number of hydrogen-bond donors (Lipinski definition) is 2. The van der Waals surface area contributed by atoms with E-state index in [0.29, 0.717) is 13.0 Å². The minimum absolute atomic E-state index is 0.0168. The molecule has 0 spiro atoms. The quantitative estimate of drug-likeness (QED) is 0.678. The molecule has 1 aliphatic rings. The Bertz CT molecular complexity index is 279. The molecule has 1 rings (SSSR count). The second-order valence-corrected chi connectivity index (χ2v) is 5.05. The Labute approximate surface area is 91.8 Å². The Morgan fingerprint density at radius 1 is 1.60 bits per heavy atom. The van der Waals surface area contributed by atoms with Gasteiger partial charge in [-0.3, -0.25) is 4.79 Å². The van der Waals surface area contributed by atoms with Gasteiger partial charge in [-0.2, -0.15) is 0 Å². The second kappa shape index (κ2) is 4.24. The molecule has 84 valence electrons. The molecule has 1 aliphatic carbocycles. The molecule has 0 unspecified atom stereocenters. The molecule has 0 aliphatic heterocycles. The van der Waals surface area contributed by atoms with Gasteiger partial charge in [0.15, 0.2) is 0 Å². The molecule has 3 heteroatoms. The molecule has 0 atom stereocenters. The van der Waals surface area contributed by atoms with Crippen LogP contribution in [0, 0.1) is 17.8 Å². The first-order chi connectivity index (χ1) is 6.93. The Balaban J connectivity index is 2.46. The molecule has 1 fully saturated rings. The number of carbonyl (C=O) groups is 1. The van der Waals surface area contributed by atoms with Crippen molar-refractivity contribution >= 4 is 5.91 Å². The fraction of sp³-hybridized carbons (Fsp3) is 0.750. The minimum Gasteiger partial charge on any atom is -0.340 e. The molecule has 3 N–H and O–H groups in total. The topological polar surface area (TPSA) is 55.1 Å². The highest BCUT2D eigenvalue weighted by molar-refractivity contribution is 5.78. The maximum absolute atomic E-state index is 11.7. The van der Waals surface area contributed by atoms with E-state index in [0.717, 1.165) is 12.8 Å². The molecule has 1 amide bonds. The summed E-state index contributed by atoms with van der Waals surface area (Å²) in [5.41, 5.74) is 5.18. The van der Waals surface area contributed by atoms with Crippen LogP contribution in [0.2, 0.25) is 0 Å². The number of nitrogens with two attached hydrogens (primary N) is 1. The van der Waals surface area contributed by atoms with E-state index in [4.69, 9.17) is 12.2 Å². The Kier molecular flexibility index (Phi) is 3.41. The maximum Gasteiger partial charge on any atom is 0.221 e. The van der Waals surface area contributed by atoms with Crippen molar-refractivity contribution in [3.63, 3.8) is 0 Å². The number of carbonyl (C=O) groups excluding carboxylic acids is 1. The molecule has 0 aromatic rings. The molecule has 3 nitrogen and oxygen atoms in total. The van der Waals surface area contributed by atoms with E-state index < -0.39 is 5.54 Å². The molecule has 0 heterocycles. The van der Waals surface area contributed by atoms with Crippen molar-refractivity contribution < 1.29 is 4.79 Å². The predicted octanol–water partition coefficient (Wildman–Crippen LogP) is 1.03. The zero-order valence-corrected chi connectivity index (χ0v) is 9.60. The zero-order chi connectivity index (χ0) is 11.5. The SMILES string of the molecule is C#CC(C)(C)NC(=O)CC1(CN)CCC1. The van der Waals surface area contributed by atoms with Gasteiger partial charge >= 0.3 is 0 Å². The Morgan fingerprint density at radius 3 is 2.53 bits per heavy atom. The fourth-order valence-corrected chi connectivity index (χ4v) is 1.90. The van der Waals surface area contributed by atoms with Crippen LogP contribution in [0.15, 0.2) is 0 Å². The largest absolute Gasteiger partial charge is 0.340 e. The number of nitrogens with one attached hydrogen (secondary N) is 1. The van der Waals surface area contributed by atoms with Crippen LogP contribution in [0.1, 0.15) is 39.5 Å². The number of rotatable bonds is 4. The van der Waals surface area contributed by atoms with Crippen LogP contribution in [0.4, 0.5) is 0 Å². The van der Waals surface area contributed by atoms with Gasteiger partial charge in [0.2, 0.25) is 5.91 Å².